The van der Waals surface area contributed by atoms with Gasteiger partial charge in [-0.1, -0.05) is 142 Å². The molecule has 0 heterocycles. The van der Waals surface area contributed by atoms with E-state index in [1.165, 1.54) is 128 Å². The summed E-state index contributed by atoms with van der Waals surface area (Å²) in [5, 5.41) is 0. The Morgan fingerprint density at radius 3 is 1.29 bits per heavy atom. The summed E-state index contributed by atoms with van der Waals surface area (Å²) < 4.78 is 5.21. The van der Waals surface area contributed by atoms with Crippen LogP contribution in [0.15, 0.2) is 12.3 Å². The van der Waals surface area contributed by atoms with Gasteiger partial charge in [-0.2, -0.15) is 0 Å². The van der Waals surface area contributed by atoms with Gasteiger partial charge in [0, 0.05) is 6.42 Å². The Labute approximate surface area is 196 Å². The molecular formula is C29H56O2. The lowest BCUT2D eigenvalue weighted by molar-refractivity contribution is -0.138. The van der Waals surface area contributed by atoms with Gasteiger partial charge in [-0.25, -0.2) is 0 Å². The van der Waals surface area contributed by atoms with Crippen LogP contribution in [-0.2, 0) is 9.53 Å². The smallest absolute Gasteiger partial charge is 0.310 e. The summed E-state index contributed by atoms with van der Waals surface area (Å²) in [6, 6.07) is 0. The average Bonchev–Trinajstić information content (AvgIpc) is 2.77. The van der Waals surface area contributed by atoms with Crippen molar-refractivity contribution in [3.05, 3.63) is 12.3 Å². The minimum absolute atomic E-state index is 0.0638. The Hall–Kier alpha value is -0.790. The molecule has 0 aliphatic heterocycles. The predicted octanol–water partition coefficient (Wildman–Crippen LogP) is 10.4. The van der Waals surface area contributed by atoms with Gasteiger partial charge in [0.05, 0.1) is 6.26 Å². The van der Waals surface area contributed by atoms with E-state index in [-0.39, 0.29) is 5.97 Å². The molecule has 0 aliphatic carbocycles. The molecular weight excluding hydrogens is 380 g/mol. The van der Waals surface area contributed by atoms with Crippen molar-refractivity contribution in [1.29, 1.82) is 0 Å². The molecule has 0 unspecified atom stereocenters. The number of rotatable bonds is 25. The van der Waals surface area contributed by atoms with Crippen LogP contribution in [0.25, 0.3) is 0 Å². The first kappa shape index (κ1) is 30.2. The van der Waals surface area contributed by atoms with Crippen LogP contribution in [0.5, 0.6) is 0 Å². The molecule has 0 fully saturated rings. The van der Waals surface area contributed by atoms with Crippen LogP contribution in [-0.4, -0.2) is 5.97 Å². The first-order valence-corrected chi connectivity index (χ1v) is 14.2. The second kappa shape index (κ2) is 27.2. The topological polar surface area (TPSA) is 26.3 Å². The van der Waals surface area contributed by atoms with Crippen molar-refractivity contribution in [2.24, 2.45) is 0 Å². The molecule has 0 aromatic carbocycles. The number of hydrogen-bond acceptors (Lipinski definition) is 2. The van der Waals surface area contributed by atoms with Crippen LogP contribution in [0.4, 0.5) is 0 Å². The maximum Gasteiger partial charge on any atom is 0.310 e. The van der Waals surface area contributed by atoms with Gasteiger partial charge >= 0.3 is 5.97 Å². The molecule has 0 bridgehead atoms. The largest absolute Gasteiger partial charge is 0.435 e. The molecule has 0 aromatic rings. The van der Waals surface area contributed by atoms with Gasteiger partial charge in [-0.15, -0.1) is 0 Å². The Bertz CT molecular complexity index is 375. The van der Waals surface area contributed by atoms with Gasteiger partial charge in [0.15, 0.2) is 0 Å². The van der Waals surface area contributed by atoms with Crippen molar-refractivity contribution >= 4 is 5.97 Å². The van der Waals surface area contributed by atoms with Gasteiger partial charge in [-0.3, -0.25) is 4.79 Å². The fourth-order valence-electron chi connectivity index (χ4n) is 4.11. The molecule has 31 heavy (non-hydrogen) atoms. The lowest BCUT2D eigenvalue weighted by Gasteiger charge is -2.03. The van der Waals surface area contributed by atoms with Gasteiger partial charge in [-0.05, 0) is 25.3 Å². The molecule has 0 amide bonds. The molecule has 184 valence electrons. The van der Waals surface area contributed by atoms with E-state index in [9.17, 15) is 4.79 Å². The highest BCUT2D eigenvalue weighted by Crippen LogP contribution is 2.13. The first-order valence-electron chi connectivity index (χ1n) is 14.2. The van der Waals surface area contributed by atoms with Crippen LogP contribution in [0.2, 0.25) is 0 Å². The van der Waals surface area contributed by atoms with Crippen molar-refractivity contribution in [3.8, 4) is 0 Å². The van der Waals surface area contributed by atoms with E-state index in [1.807, 2.05) is 6.08 Å². The summed E-state index contributed by atoms with van der Waals surface area (Å²) in [5.41, 5.74) is 0. The number of unbranched alkanes of at least 4 members (excludes halogenated alkanes) is 21. The van der Waals surface area contributed by atoms with Crippen LogP contribution in [0.3, 0.4) is 0 Å². The van der Waals surface area contributed by atoms with Crippen LogP contribution < -0.4 is 0 Å². The van der Waals surface area contributed by atoms with E-state index in [0.29, 0.717) is 6.42 Å². The maximum atomic E-state index is 11.7. The minimum atomic E-state index is -0.0638. The summed E-state index contributed by atoms with van der Waals surface area (Å²) in [4.78, 5) is 11.7. The van der Waals surface area contributed by atoms with Gasteiger partial charge in [0.2, 0.25) is 0 Å². The molecule has 0 radical (unpaired) electrons. The highest BCUT2D eigenvalue weighted by Gasteiger charge is 2.00. The van der Waals surface area contributed by atoms with Gasteiger partial charge in [0.1, 0.15) is 0 Å². The molecule has 0 aromatic heterocycles. The lowest BCUT2D eigenvalue weighted by Crippen LogP contribution is -1.98. The molecule has 0 rings (SSSR count). The first-order chi connectivity index (χ1) is 15.3. The molecule has 0 aliphatic rings. The van der Waals surface area contributed by atoms with E-state index in [2.05, 4.69) is 13.8 Å². The van der Waals surface area contributed by atoms with Crippen molar-refractivity contribution in [3.63, 3.8) is 0 Å². The van der Waals surface area contributed by atoms with E-state index in [1.54, 1.807) is 6.26 Å². The summed E-state index contributed by atoms with van der Waals surface area (Å²) in [7, 11) is 0. The van der Waals surface area contributed by atoms with Crippen LogP contribution in [0.1, 0.15) is 168 Å². The number of carbonyl (C=O) groups is 1. The minimum Gasteiger partial charge on any atom is -0.435 e. The molecule has 0 atom stereocenters. The summed E-state index contributed by atoms with van der Waals surface area (Å²) >= 11 is 0. The number of carbonyl (C=O) groups excluding carboxylic acids is 1. The Morgan fingerprint density at radius 2 is 0.871 bits per heavy atom. The quantitative estimate of drug-likeness (QED) is 0.0808. The van der Waals surface area contributed by atoms with Crippen molar-refractivity contribution in [2.45, 2.75) is 168 Å². The standard InChI is InChI=1S/C29H56O2/c1-3-5-7-9-11-13-15-16-18-20-22-24-26-28-31-29(30)27-25-23-21-19-17-14-12-10-8-6-4-2/h26,28H,3-25,27H2,1-2H3. The third-order valence-electron chi connectivity index (χ3n) is 6.25. The normalized spacial score (nSPS) is 11.4. The third kappa shape index (κ3) is 27.2. The molecule has 0 N–H and O–H groups in total. The third-order valence-corrected chi connectivity index (χ3v) is 6.25. The fraction of sp³-hybridized carbons (Fsp3) is 0.897. The molecule has 0 spiro atoms. The summed E-state index contributed by atoms with van der Waals surface area (Å²) in [6.45, 7) is 4.55. The Balaban J connectivity index is 3.22. The number of hydrogen-bond donors (Lipinski definition) is 0. The average molecular weight is 437 g/mol. The van der Waals surface area contributed by atoms with E-state index in [4.69, 9.17) is 4.74 Å². The van der Waals surface area contributed by atoms with Crippen molar-refractivity contribution < 1.29 is 9.53 Å². The van der Waals surface area contributed by atoms with Gasteiger partial charge in [0.25, 0.3) is 0 Å². The highest BCUT2D eigenvalue weighted by molar-refractivity contribution is 5.69. The van der Waals surface area contributed by atoms with E-state index < -0.39 is 0 Å². The molecule has 2 nitrogen and oxygen atoms in total. The van der Waals surface area contributed by atoms with Crippen LogP contribution in [0, 0.1) is 0 Å². The zero-order valence-corrected chi connectivity index (χ0v) is 21.4. The number of esters is 1. The zero-order chi connectivity index (χ0) is 22.7. The number of allylic oxidation sites excluding steroid dienone is 1. The molecule has 0 saturated heterocycles. The Morgan fingerprint density at radius 1 is 0.516 bits per heavy atom. The SMILES string of the molecule is CCCCCCCCCCCCCC=COC(=O)CCCCCCCCCCCCC. The van der Waals surface area contributed by atoms with Gasteiger partial charge < -0.3 is 4.74 Å². The molecule has 2 heteroatoms. The lowest BCUT2D eigenvalue weighted by atomic mass is 10.1. The maximum absolute atomic E-state index is 11.7. The van der Waals surface area contributed by atoms with E-state index >= 15 is 0 Å². The van der Waals surface area contributed by atoms with Crippen molar-refractivity contribution in [2.75, 3.05) is 0 Å². The van der Waals surface area contributed by atoms with Crippen LogP contribution >= 0.6 is 0 Å². The zero-order valence-electron chi connectivity index (χ0n) is 21.4. The second-order valence-corrected chi connectivity index (χ2v) is 9.47. The molecule has 0 saturated carbocycles. The second-order valence-electron chi connectivity index (χ2n) is 9.47. The predicted molar refractivity (Wildman–Crippen MR) is 137 cm³/mol. The van der Waals surface area contributed by atoms with Crippen molar-refractivity contribution in [1.82, 2.24) is 0 Å². The monoisotopic (exact) mass is 436 g/mol. The number of ether oxygens (including phenoxy) is 1. The summed E-state index contributed by atoms with van der Waals surface area (Å²) in [6.07, 6.45) is 34.7. The van der Waals surface area contributed by atoms with E-state index in [0.717, 1.165) is 19.3 Å². The fourth-order valence-corrected chi connectivity index (χ4v) is 4.11. The Kier molecular flexibility index (Phi) is 26.5. The highest BCUT2D eigenvalue weighted by atomic mass is 16.5. The summed E-state index contributed by atoms with van der Waals surface area (Å²) in [5.74, 6) is -0.0638.